The van der Waals surface area contributed by atoms with E-state index in [9.17, 15) is 9.90 Å². The minimum absolute atomic E-state index is 0.116. The Hall–Kier alpha value is -0.220. The van der Waals surface area contributed by atoms with Gasteiger partial charge in [-0.25, -0.2) is 0 Å². The Morgan fingerprint density at radius 3 is 2.82 bits per heavy atom. The minimum Gasteiger partial charge on any atom is -0.481 e. The van der Waals surface area contributed by atoms with E-state index >= 15 is 0 Å². The number of nitrogens with one attached hydrogen (secondary N) is 1. The summed E-state index contributed by atoms with van der Waals surface area (Å²) in [6, 6.07) is 0.250. The van der Waals surface area contributed by atoms with Gasteiger partial charge in [-0.05, 0) is 62.5 Å². The molecule has 0 aliphatic heterocycles. The molecule has 17 heavy (non-hydrogen) atoms. The number of hydrogen-bond donors (Lipinski definition) is 2. The molecule has 4 heteroatoms. The van der Waals surface area contributed by atoms with Crippen LogP contribution in [0, 0.1) is 17.8 Å². The highest BCUT2D eigenvalue weighted by Gasteiger charge is 2.50. The van der Waals surface area contributed by atoms with Crippen LogP contribution in [0.1, 0.15) is 32.1 Å². The maximum absolute atomic E-state index is 11.3. The van der Waals surface area contributed by atoms with Crippen molar-refractivity contribution in [2.45, 2.75) is 38.1 Å². The lowest BCUT2D eigenvalue weighted by Gasteiger charge is -2.29. The van der Waals surface area contributed by atoms with E-state index in [0.29, 0.717) is 11.8 Å². The van der Waals surface area contributed by atoms with E-state index < -0.39 is 5.97 Å². The third kappa shape index (κ3) is 2.97. The molecule has 0 aromatic carbocycles. The van der Waals surface area contributed by atoms with E-state index in [1.165, 1.54) is 25.0 Å². The molecule has 3 nitrogen and oxygen atoms in total. The largest absolute Gasteiger partial charge is 0.481 e. The second kappa shape index (κ2) is 6.10. The molecule has 98 valence electrons. The predicted molar refractivity (Wildman–Crippen MR) is 71.4 cm³/mol. The Labute approximate surface area is 108 Å². The Morgan fingerprint density at radius 2 is 2.12 bits per heavy atom. The van der Waals surface area contributed by atoms with Crippen molar-refractivity contribution >= 4 is 17.7 Å². The van der Waals surface area contributed by atoms with E-state index in [-0.39, 0.29) is 12.0 Å². The normalized spacial score (nSPS) is 35.4. The fourth-order valence-corrected chi connectivity index (χ4v) is 4.07. The van der Waals surface area contributed by atoms with Crippen molar-refractivity contribution < 1.29 is 9.90 Å². The van der Waals surface area contributed by atoms with Crippen LogP contribution in [0.3, 0.4) is 0 Å². The molecule has 0 amide bonds. The maximum Gasteiger partial charge on any atom is 0.308 e. The number of carboxylic acid groups (broad SMARTS) is 1. The van der Waals surface area contributed by atoms with Gasteiger partial charge in [0.1, 0.15) is 0 Å². The first-order valence-electron chi connectivity index (χ1n) is 6.69. The van der Waals surface area contributed by atoms with Crippen LogP contribution < -0.4 is 5.32 Å². The van der Waals surface area contributed by atoms with E-state index in [4.69, 9.17) is 0 Å². The number of unbranched alkanes of at least 4 members (excludes halogenated alkanes) is 1. The molecular weight excluding hydrogens is 234 g/mol. The highest BCUT2D eigenvalue weighted by atomic mass is 32.2. The average Bonchev–Trinajstić information content (AvgIpc) is 2.88. The van der Waals surface area contributed by atoms with Gasteiger partial charge in [0.15, 0.2) is 0 Å². The van der Waals surface area contributed by atoms with Gasteiger partial charge in [-0.1, -0.05) is 0 Å². The molecule has 0 radical (unpaired) electrons. The zero-order valence-electron chi connectivity index (χ0n) is 10.5. The molecular formula is C13H23NO2S. The van der Waals surface area contributed by atoms with Crippen molar-refractivity contribution in [3.05, 3.63) is 0 Å². The minimum atomic E-state index is -0.584. The Bertz CT molecular complexity index is 272. The van der Waals surface area contributed by atoms with Crippen molar-refractivity contribution in [2.75, 3.05) is 18.6 Å². The number of rotatable bonds is 7. The summed E-state index contributed by atoms with van der Waals surface area (Å²) in [5.74, 6) is 1.58. The first-order valence-corrected chi connectivity index (χ1v) is 8.08. The summed E-state index contributed by atoms with van der Waals surface area (Å²) < 4.78 is 0. The summed E-state index contributed by atoms with van der Waals surface area (Å²) in [5, 5.41) is 12.8. The third-order valence-corrected chi connectivity index (χ3v) is 5.05. The Balaban J connectivity index is 1.77. The summed E-state index contributed by atoms with van der Waals surface area (Å²) >= 11 is 1.88. The number of hydrogen-bond acceptors (Lipinski definition) is 3. The fourth-order valence-electron chi connectivity index (χ4n) is 3.58. The number of fused-ring (bicyclic) bond motifs is 2. The quantitative estimate of drug-likeness (QED) is 0.687. The number of thioether (sulfide) groups is 1. The average molecular weight is 257 g/mol. The van der Waals surface area contributed by atoms with Crippen LogP contribution in [0.2, 0.25) is 0 Å². The zero-order valence-corrected chi connectivity index (χ0v) is 11.3. The molecule has 0 saturated heterocycles. The summed E-state index contributed by atoms with van der Waals surface area (Å²) in [5.41, 5.74) is 0. The van der Waals surface area contributed by atoms with Gasteiger partial charge in [0.05, 0.1) is 5.92 Å². The van der Waals surface area contributed by atoms with E-state index in [2.05, 4.69) is 11.6 Å². The van der Waals surface area contributed by atoms with Gasteiger partial charge in [-0.2, -0.15) is 11.8 Å². The topological polar surface area (TPSA) is 49.3 Å². The lowest BCUT2D eigenvalue weighted by Crippen LogP contribution is -2.44. The maximum atomic E-state index is 11.3. The number of carboxylic acids is 1. The monoisotopic (exact) mass is 257 g/mol. The van der Waals surface area contributed by atoms with Gasteiger partial charge in [0, 0.05) is 6.04 Å². The number of aliphatic carboxylic acids is 1. The molecule has 4 atom stereocenters. The molecule has 2 aliphatic rings. The first kappa shape index (κ1) is 13.2. The van der Waals surface area contributed by atoms with Crippen LogP contribution in [-0.4, -0.2) is 35.7 Å². The van der Waals surface area contributed by atoms with Gasteiger partial charge < -0.3 is 10.4 Å². The van der Waals surface area contributed by atoms with Crippen molar-refractivity contribution in [2.24, 2.45) is 17.8 Å². The molecule has 2 N–H and O–H groups in total. The highest BCUT2D eigenvalue weighted by molar-refractivity contribution is 7.98. The van der Waals surface area contributed by atoms with Gasteiger partial charge in [-0.15, -0.1) is 0 Å². The number of carbonyl (C=O) groups is 1. The molecule has 2 bridgehead atoms. The van der Waals surface area contributed by atoms with Gasteiger partial charge in [0.25, 0.3) is 0 Å². The summed E-state index contributed by atoms with van der Waals surface area (Å²) in [6.07, 6.45) is 8.03. The third-order valence-electron chi connectivity index (χ3n) is 4.36. The second-order valence-corrected chi connectivity index (χ2v) is 6.36. The van der Waals surface area contributed by atoms with Gasteiger partial charge in [0.2, 0.25) is 0 Å². The summed E-state index contributed by atoms with van der Waals surface area (Å²) in [7, 11) is 0. The van der Waals surface area contributed by atoms with Crippen molar-refractivity contribution in [1.29, 1.82) is 0 Å². The van der Waals surface area contributed by atoms with E-state index in [1.54, 1.807) is 0 Å². The molecule has 0 aromatic heterocycles. The molecule has 0 heterocycles. The van der Waals surface area contributed by atoms with Crippen LogP contribution >= 0.6 is 11.8 Å². The van der Waals surface area contributed by atoms with Crippen LogP contribution in [0.4, 0.5) is 0 Å². The molecule has 2 rings (SSSR count). The Morgan fingerprint density at radius 1 is 1.35 bits per heavy atom. The molecule has 2 saturated carbocycles. The zero-order chi connectivity index (χ0) is 12.3. The Kier molecular flexibility index (Phi) is 4.74. The van der Waals surface area contributed by atoms with E-state index in [1.807, 2.05) is 11.8 Å². The van der Waals surface area contributed by atoms with Crippen LogP contribution in [-0.2, 0) is 4.79 Å². The van der Waals surface area contributed by atoms with E-state index in [0.717, 1.165) is 19.4 Å². The van der Waals surface area contributed by atoms with Crippen LogP contribution in [0.25, 0.3) is 0 Å². The van der Waals surface area contributed by atoms with Crippen LogP contribution in [0.5, 0.6) is 0 Å². The van der Waals surface area contributed by atoms with Gasteiger partial charge >= 0.3 is 5.97 Å². The van der Waals surface area contributed by atoms with Crippen molar-refractivity contribution in [3.8, 4) is 0 Å². The predicted octanol–water partition coefficient (Wildman–Crippen LogP) is 2.22. The second-order valence-electron chi connectivity index (χ2n) is 5.38. The summed E-state index contributed by atoms with van der Waals surface area (Å²) in [4.78, 5) is 11.3. The molecule has 4 unspecified atom stereocenters. The smallest absolute Gasteiger partial charge is 0.308 e. The molecule has 2 fully saturated rings. The van der Waals surface area contributed by atoms with Crippen LogP contribution in [0.15, 0.2) is 0 Å². The fraction of sp³-hybridized carbons (Fsp3) is 0.923. The molecule has 2 aliphatic carbocycles. The summed E-state index contributed by atoms with van der Waals surface area (Å²) in [6.45, 7) is 0.984. The first-order chi connectivity index (χ1) is 8.24. The SMILES string of the molecule is CSCCCCNC1C2CCC(C2)C1C(=O)O. The van der Waals surface area contributed by atoms with Gasteiger partial charge in [-0.3, -0.25) is 4.79 Å². The standard InChI is InChI=1S/C13H23NO2S/c1-17-7-3-2-6-14-12-10-5-4-9(8-10)11(12)13(15)16/h9-12,14H,2-8H2,1H3,(H,15,16). The highest BCUT2D eigenvalue weighted by Crippen LogP contribution is 2.48. The lowest BCUT2D eigenvalue weighted by molar-refractivity contribution is -0.144. The molecule has 0 spiro atoms. The van der Waals surface area contributed by atoms with Crippen molar-refractivity contribution in [1.82, 2.24) is 5.32 Å². The lowest BCUT2D eigenvalue weighted by atomic mass is 9.84. The van der Waals surface area contributed by atoms with Crippen molar-refractivity contribution in [3.63, 3.8) is 0 Å². The molecule has 0 aromatic rings.